The molecule has 12 nitrogen and oxygen atoms in total. The smallest absolute Gasteiger partial charge is 0.339 e. The minimum absolute atomic E-state index is 0.0167. The van der Waals surface area contributed by atoms with Gasteiger partial charge in [0.2, 0.25) is 0 Å². The first-order chi connectivity index (χ1) is 18.1. The Morgan fingerprint density at radius 1 is 1.34 bits per heavy atom. The Labute approximate surface area is 223 Å². The molecule has 13 heteroatoms. The van der Waals surface area contributed by atoms with Gasteiger partial charge in [0.05, 0.1) is 40.6 Å². The largest absolute Gasteiger partial charge is 0.495 e. The molecule has 0 spiro atoms. The molecule has 0 saturated heterocycles. The summed E-state index contributed by atoms with van der Waals surface area (Å²) in [6, 6.07) is 12.2. The summed E-state index contributed by atoms with van der Waals surface area (Å²) in [6.07, 6.45) is 3.72. The standard InChI is InChI=1S/C25H29N7O5S/c1-29(27)14-21(26)18-11-19(18)24-20(25(33)34)12-28-31(24)16-6-4-5-15(9-16)13-30(2)38-23-8-7-17(32(35)36)10-22(23)37-3/h4-10,12,14,18-19H,11,13,26-27H2,1-3H3,(H,33,34)/b21-14-/t18?,19-/m1/s1. The molecule has 1 fully saturated rings. The molecule has 38 heavy (non-hydrogen) atoms. The van der Waals surface area contributed by atoms with Crippen molar-refractivity contribution >= 4 is 23.6 Å². The zero-order valence-corrected chi connectivity index (χ0v) is 22.0. The second-order valence-corrected chi connectivity index (χ2v) is 10.3. The van der Waals surface area contributed by atoms with Gasteiger partial charge in [0.25, 0.3) is 5.69 Å². The Balaban J connectivity index is 1.56. The molecular formula is C25H29N7O5S. The van der Waals surface area contributed by atoms with Crippen molar-refractivity contribution in [1.29, 1.82) is 0 Å². The third-order valence-electron chi connectivity index (χ3n) is 6.13. The fourth-order valence-electron chi connectivity index (χ4n) is 4.37. The van der Waals surface area contributed by atoms with E-state index in [4.69, 9.17) is 16.3 Å². The molecule has 0 radical (unpaired) electrons. The first kappa shape index (κ1) is 27.0. The maximum atomic E-state index is 12.0. The molecule has 0 aliphatic heterocycles. The van der Waals surface area contributed by atoms with Crippen LogP contribution in [0.5, 0.6) is 5.75 Å². The molecule has 1 saturated carbocycles. The maximum Gasteiger partial charge on any atom is 0.339 e. The lowest BCUT2D eigenvalue weighted by atomic mass is 10.1. The monoisotopic (exact) mass is 539 g/mol. The average Bonchev–Trinajstić information content (AvgIpc) is 3.53. The Morgan fingerprint density at radius 3 is 2.76 bits per heavy atom. The summed E-state index contributed by atoms with van der Waals surface area (Å²) in [4.78, 5) is 23.3. The molecule has 2 aromatic carbocycles. The molecule has 0 bridgehead atoms. The highest BCUT2D eigenvalue weighted by Crippen LogP contribution is 2.51. The van der Waals surface area contributed by atoms with Crippen LogP contribution in [0.15, 0.2) is 65.5 Å². The number of nitrogens with two attached hydrogens (primary N) is 2. The van der Waals surface area contributed by atoms with Crippen molar-refractivity contribution in [3.8, 4) is 11.4 Å². The zero-order valence-electron chi connectivity index (χ0n) is 21.1. The van der Waals surface area contributed by atoms with E-state index in [1.54, 1.807) is 24.0 Å². The number of methoxy groups -OCH3 is 1. The van der Waals surface area contributed by atoms with Crippen molar-refractivity contribution in [2.45, 2.75) is 23.8 Å². The van der Waals surface area contributed by atoms with Gasteiger partial charge < -0.3 is 20.6 Å². The van der Waals surface area contributed by atoms with Gasteiger partial charge >= 0.3 is 5.97 Å². The summed E-state index contributed by atoms with van der Waals surface area (Å²) in [7, 11) is 5.05. The van der Waals surface area contributed by atoms with E-state index in [0.29, 0.717) is 30.1 Å². The predicted molar refractivity (Wildman–Crippen MR) is 143 cm³/mol. The van der Waals surface area contributed by atoms with E-state index in [1.165, 1.54) is 42.4 Å². The van der Waals surface area contributed by atoms with E-state index in [2.05, 4.69) is 5.10 Å². The van der Waals surface area contributed by atoms with Crippen molar-refractivity contribution in [3.63, 3.8) is 0 Å². The quantitative estimate of drug-likeness (QED) is 0.142. The predicted octanol–water partition coefficient (Wildman–Crippen LogP) is 3.34. The van der Waals surface area contributed by atoms with Crippen LogP contribution in [-0.4, -0.2) is 56.3 Å². The summed E-state index contributed by atoms with van der Waals surface area (Å²) in [5.41, 5.74) is 9.20. The summed E-state index contributed by atoms with van der Waals surface area (Å²) in [5, 5.41) is 26.7. The van der Waals surface area contributed by atoms with Crippen LogP contribution in [0.2, 0.25) is 0 Å². The maximum absolute atomic E-state index is 12.0. The van der Waals surface area contributed by atoms with Gasteiger partial charge in [-0.2, -0.15) is 5.10 Å². The van der Waals surface area contributed by atoms with E-state index in [0.717, 1.165) is 16.1 Å². The van der Waals surface area contributed by atoms with Gasteiger partial charge in [0.1, 0.15) is 11.3 Å². The van der Waals surface area contributed by atoms with E-state index in [9.17, 15) is 20.0 Å². The number of benzene rings is 2. The number of nitro benzene ring substituents is 1. The number of carboxylic acid groups (broad SMARTS) is 1. The van der Waals surface area contributed by atoms with Crippen LogP contribution in [0.1, 0.15) is 34.0 Å². The molecule has 5 N–H and O–H groups in total. The van der Waals surface area contributed by atoms with Crippen LogP contribution >= 0.6 is 11.9 Å². The van der Waals surface area contributed by atoms with Crippen molar-refractivity contribution < 1.29 is 19.6 Å². The number of hydrogen-bond acceptors (Lipinski definition) is 10. The lowest BCUT2D eigenvalue weighted by Crippen LogP contribution is -2.21. The molecule has 200 valence electrons. The topological polar surface area (TPSA) is 166 Å². The molecule has 1 aliphatic carbocycles. The van der Waals surface area contributed by atoms with Gasteiger partial charge in [-0.25, -0.2) is 19.6 Å². The lowest BCUT2D eigenvalue weighted by molar-refractivity contribution is -0.385. The number of ether oxygens (including phenoxy) is 1. The Morgan fingerprint density at radius 2 is 2.11 bits per heavy atom. The minimum Gasteiger partial charge on any atom is -0.495 e. The lowest BCUT2D eigenvalue weighted by Gasteiger charge is -2.18. The van der Waals surface area contributed by atoms with E-state index in [1.807, 2.05) is 35.6 Å². The number of non-ortho nitro benzene ring substituents is 1. The average molecular weight is 540 g/mol. The Kier molecular flexibility index (Phi) is 7.90. The SMILES string of the molecule is COc1cc([N+](=O)[O-])ccc1SN(C)Cc1cccc(-n2ncc(C(=O)O)c2[C@@H]2CC2/C(N)=C/N(C)N)c1. The third-order valence-corrected chi connectivity index (χ3v) is 7.11. The zero-order chi connectivity index (χ0) is 27.6. The van der Waals surface area contributed by atoms with E-state index >= 15 is 0 Å². The molecule has 3 aromatic rings. The van der Waals surface area contributed by atoms with Gasteiger partial charge in [0.15, 0.2) is 0 Å². The molecule has 2 atom stereocenters. The number of allylic oxidation sites excluding steroid dienone is 1. The molecule has 4 rings (SSSR count). The van der Waals surface area contributed by atoms with Crippen LogP contribution in [0, 0.1) is 16.0 Å². The van der Waals surface area contributed by atoms with Crippen molar-refractivity contribution in [1.82, 2.24) is 19.1 Å². The summed E-state index contributed by atoms with van der Waals surface area (Å²) < 4.78 is 8.98. The summed E-state index contributed by atoms with van der Waals surface area (Å²) >= 11 is 1.40. The second kappa shape index (κ2) is 11.1. The van der Waals surface area contributed by atoms with Crippen molar-refractivity contribution in [2.75, 3.05) is 21.2 Å². The number of nitro groups is 1. The number of rotatable bonds is 11. The molecule has 1 heterocycles. The van der Waals surface area contributed by atoms with Crippen molar-refractivity contribution in [2.24, 2.45) is 17.5 Å². The van der Waals surface area contributed by atoms with Crippen LogP contribution in [0.4, 0.5) is 5.69 Å². The normalized spacial score (nSPS) is 16.9. The Hall–Kier alpha value is -4.07. The number of hydrazine groups is 1. The van der Waals surface area contributed by atoms with Crippen LogP contribution in [-0.2, 0) is 6.54 Å². The van der Waals surface area contributed by atoms with Crippen LogP contribution < -0.4 is 16.3 Å². The van der Waals surface area contributed by atoms with Crippen LogP contribution in [0.25, 0.3) is 5.69 Å². The van der Waals surface area contributed by atoms with E-state index < -0.39 is 10.9 Å². The number of carboxylic acids is 1. The fraction of sp³-hybridized carbons (Fsp3) is 0.280. The van der Waals surface area contributed by atoms with Gasteiger partial charge in [-0.15, -0.1) is 0 Å². The van der Waals surface area contributed by atoms with Gasteiger partial charge in [-0.1, -0.05) is 12.1 Å². The molecule has 1 aliphatic rings. The highest BCUT2D eigenvalue weighted by molar-refractivity contribution is 7.97. The number of nitrogens with zero attached hydrogens (tertiary/aromatic N) is 5. The van der Waals surface area contributed by atoms with Gasteiger partial charge in [-0.3, -0.25) is 10.1 Å². The molecule has 1 aromatic heterocycles. The van der Waals surface area contributed by atoms with Crippen molar-refractivity contribution in [3.05, 3.63) is 87.5 Å². The number of aromatic carboxylic acids is 1. The van der Waals surface area contributed by atoms with E-state index in [-0.39, 0.29) is 23.1 Å². The number of hydrogen-bond donors (Lipinski definition) is 3. The third kappa shape index (κ3) is 5.90. The van der Waals surface area contributed by atoms with Gasteiger partial charge in [-0.05, 0) is 49.2 Å². The number of carbonyl (C=O) groups is 1. The molecule has 1 unspecified atom stereocenters. The van der Waals surface area contributed by atoms with Gasteiger partial charge in [0, 0.05) is 43.4 Å². The summed E-state index contributed by atoms with van der Waals surface area (Å²) in [6.45, 7) is 0.533. The first-order valence-electron chi connectivity index (χ1n) is 11.7. The highest BCUT2D eigenvalue weighted by Gasteiger charge is 2.45. The molecule has 0 amide bonds. The Bertz CT molecular complexity index is 1390. The second-order valence-electron chi connectivity index (χ2n) is 9.04. The van der Waals surface area contributed by atoms with Crippen LogP contribution in [0.3, 0.4) is 0 Å². The number of aromatic nitrogens is 2. The summed E-state index contributed by atoms with van der Waals surface area (Å²) in [5.74, 6) is 4.96. The minimum atomic E-state index is -1.04. The first-order valence-corrected chi connectivity index (χ1v) is 12.4. The fourth-order valence-corrected chi connectivity index (χ4v) is 5.28. The molecular weight excluding hydrogens is 510 g/mol. The highest BCUT2D eigenvalue weighted by atomic mass is 32.2.